The maximum absolute atomic E-state index is 9.60. The number of likely N-dealkylation sites (tertiary alicyclic amines) is 1. The maximum Gasteiger partial charge on any atom is 0.195 e. The number of hydrogen-bond acceptors (Lipinski definition) is 2. The first-order valence-electron chi connectivity index (χ1n) is 8.08. The molecule has 1 fully saturated rings. The highest BCUT2D eigenvalue weighted by Gasteiger charge is 2.19. The van der Waals surface area contributed by atoms with Crippen LogP contribution in [0.25, 0.3) is 11.1 Å². The fourth-order valence-corrected chi connectivity index (χ4v) is 2.92. The zero-order valence-corrected chi connectivity index (χ0v) is 13.4. The van der Waals surface area contributed by atoms with Crippen molar-refractivity contribution in [1.29, 1.82) is 5.41 Å². The number of nitrogens with one attached hydrogen (secondary N) is 2. The molecule has 1 aliphatic heterocycles. The van der Waals surface area contributed by atoms with Crippen LogP contribution in [0, 0.1) is 12.3 Å². The Morgan fingerprint density at radius 2 is 1.83 bits per heavy atom. The Hall–Kier alpha value is -2.33. The van der Waals surface area contributed by atoms with Gasteiger partial charge in [0.1, 0.15) is 0 Å². The third kappa shape index (κ3) is 3.71. The van der Waals surface area contributed by atoms with Crippen LogP contribution >= 0.6 is 0 Å². The summed E-state index contributed by atoms with van der Waals surface area (Å²) < 4.78 is 0. The summed E-state index contributed by atoms with van der Waals surface area (Å²) in [4.78, 5) is 1.99. The largest absolute Gasteiger partial charge is 0.393 e. The molecule has 1 heterocycles. The third-order valence-electron chi connectivity index (χ3n) is 4.29. The van der Waals surface area contributed by atoms with E-state index in [1.165, 1.54) is 5.56 Å². The van der Waals surface area contributed by atoms with Crippen molar-refractivity contribution in [2.45, 2.75) is 25.9 Å². The SMILES string of the molecule is Cc1ccc(NC(=N)N2CCC(O)CC2)c(-c2ccccc2)c1. The van der Waals surface area contributed by atoms with E-state index >= 15 is 0 Å². The number of nitrogens with zero attached hydrogens (tertiary/aromatic N) is 1. The van der Waals surface area contributed by atoms with Crippen molar-refractivity contribution in [3.63, 3.8) is 0 Å². The Kier molecular flexibility index (Phi) is 4.63. The van der Waals surface area contributed by atoms with Crippen LogP contribution in [0.15, 0.2) is 48.5 Å². The quantitative estimate of drug-likeness (QED) is 0.588. The molecule has 23 heavy (non-hydrogen) atoms. The molecular weight excluding hydrogens is 286 g/mol. The lowest BCUT2D eigenvalue weighted by Crippen LogP contribution is -2.42. The molecule has 0 spiro atoms. The predicted molar refractivity (Wildman–Crippen MR) is 94.8 cm³/mol. The summed E-state index contributed by atoms with van der Waals surface area (Å²) in [6.45, 7) is 3.52. The second kappa shape index (κ2) is 6.84. The van der Waals surface area contributed by atoms with Gasteiger partial charge >= 0.3 is 0 Å². The number of hydrogen-bond donors (Lipinski definition) is 3. The van der Waals surface area contributed by atoms with Crippen LogP contribution in [-0.4, -0.2) is 35.2 Å². The fourth-order valence-electron chi connectivity index (χ4n) is 2.92. The van der Waals surface area contributed by atoms with Crippen molar-refractivity contribution in [2.75, 3.05) is 18.4 Å². The van der Waals surface area contributed by atoms with Crippen LogP contribution in [0.2, 0.25) is 0 Å². The number of aliphatic hydroxyl groups excluding tert-OH is 1. The topological polar surface area (TPSA) is 59.4 Å². The van der Waals surface area contributed by atoms with Gasteiger partial charge in [0.15, 0.2) is 5.96 Å². The molecule has 0 amide bonds. The molecule has 0 bridgehead atoms. The van der Waals surface area contributed by atoms with Crippen LogP contribution in [0.3, 0.4) is 0 Å². The third-order valence-corrected chi connectivity index (χ3v) is 4.29. The Labute approximate surface area is 137 Å². The molecule has 2 aromatic rings. The number of guanidine groups is 1. The van der Waals surface area contributed by atoms with E-state index in [1.54, 1.807) is 0 Å². The molecule has 3 N–H and O–H groups in total. The van der Waals surface area contributed by atoms with Crippen molar-refractivity contribution in [3.8, 4) is 11.1 Å². The molecule has 1 saturated heterocycles. The Morgan fingerprint density at radius 3 is 2.52 bits per heavy atom. The summed E-state index contributed by atoms with van der Waals surface area (Å²) in [5, 5.41) is 21.2. The standard InChI is InChI=1S/C19H23N3O/c1-14-7-8-18(17(13-14)15-5-3-2-4-6-15)21-19(20)22-11-9-16(23)10-12-22/h2-8,13,16,23H,9-12H2,1H3,(H2,20,21). The summed E-state index contributed by atoms with van der Waals surface area (Å²) >= 11 is 0. The van der Waals surface area contributed by atoms with E-state index in [4.69, 9.17) is 5.41 Å². The maximum atomic E-state index is 9.60. The van der Waals surface area contributed by atoms with E-state index in [2.05, 4.69) is 36.5 Å². The molecule has 2 aromatic carbocycles. The van der Waals surface area contributed by atoms with Gasteiger partial charge in [0.05, 0.1) is 6.10 Å². The number of rotatable bonds is 2. The summed E-state index contributed by atoms with van der Waals surface area (Å²) in [5.41, 5.74) is 4.38. The molecule has 120 valence electrons. The normalized spacial score (nSPS) is 15.5. The summed E-state index contributed by atoms with van der Waals surface area (Å²) in [6, 6.07) is 16.5. The van der Waals surface area contributed by atoms with Crippen molar-refractivity contribution in [3.05, 3.63) is 54.1 Å². The van der Waals surface area contributed by atoms with Gasteiger partial charge in [0.25, 0.3) is 0 Å². The van der Waals surface area contributed by atoms with Gasteiger partial charge in [0.2, 0.25) is 0 Å². The molecule has 0 radical (unpaired) electrons. The smallest absolute Gasteiger partial charge is 0.195 e. The number of anilines is 1. The average molecular weight is 309 g/mol. The first kappa shape index (κ1) is 15.6. The first-order valence-corrected chi connectivity index (χ1v) is 8.08. The van der Waals surface area contributed by atoms with Gasteiger partial charge in [-0.15, -0.1) is 0 Å². The highest BCUT2D eigenvalue weighted by Crippen LogP contribution is 2.29. The van der Waals surface area contributed by atoms with Gasteiger partial charge in [-0.25, -0.2) is 0 Å². The van der Waals surface area contributed by atoms with Crippen LogP contribution < -0.4 is 5.32 Å². The highest BCUT2D eigenvalue weighted by atomic mass is 16.3. The van der Waals surface area contributed by atoms with Gasteiger partial charge in [-0.3, -0.25) is 5.41 Å². The van der Waals surface area contributed by atoms with Gasteiger partial charge in [-0.1, -0.05) is 42.0 Å². The average Bonchev–Trinajstić information content (AvgIpc) is 2.58. The lowest BCUT2D eigenvalue weighted by molar-refractivity contribution is 0.109. The molecule has 0 aromatic heterocycles. The van der Waals surface area contributed by atoms with Gasteiger partial charge < -0.3 is 15.3 Å². The van der Waals surface area contributed by atoms with Gasteiger partial charge in [-0.05, 0) is 37.5 Å². The molecule has 1 aliphatic rings. The van der Waals surface area contributed by atoms with Gasteiger partial charge in [0, 0.05) is 24.3 Å². The molecule has 0 unspecified atom stereocenters. The number of aryl methyl sites for hydroxylation is 1. The van der Waals surface area contributed by atoms with E-state index < -0.39 is 0 Å². The molecule has 0 aliphatic carbocycles. The van der Waals surface area contributed by atoms with E-state index in [1.807, 2.05) is 29.2 Å². The minimum Gasteiger partial charge on any atom is -0.393 e. The number of aliphatic hydroxyl groups is 1. The van der Waals surface area contributed by atoms with Crippen molar-refractivity contribution < 1.29 is 5.11 Å². The van der Waals surface area contributed by atoms with Crippen LogP contribution in [0.1, 0.15) is 18.4 Å². The van der Waals surface area contributed by atoms with Crippen LogP contribution in [0.4, 0.5) is 5.69 Å². The van der Waals surface area contributed by atoms with Crippen molar-refractivity contribution >= 4 is 11.6 Å². The van der Waals surface area contributed by atoms with Crippen molar-refractivity contribution in [2.24, 2.45) is 0 Å². The summed E-state index contributed by atoms with van der Waals surface area (Å²) in [7, 11) is 0. The van der Waals surface area contributed by atoms with Crippen LogP contribution in [0.5, 0.6) is 0 Å². The predicted octanol–water partition coefficient (Wildman–Crippen LogP) is 3.47. The van der Waals surface area contributed by atoms with Crippen molar-refractivity contribution in [1.82, 2.24) is 4.90 Å². The molecule has 0 atom stereocenters. The lowest BCUT2D eigenvalue weighted by Gasteiger charge is -2.32. The number of benzene rings is 2. The zero-order chi connectivity index (χ0) is 16.2. The summed E-state index contributed by atoms with van der Waals surface area (Å²) in [6.07, 6.45) is 1.23. The molecule has 4 heteroatoms. The molecule has 4 nitrogen and oxygen atoms in total. The van der Waals surface area contributed by atoms with E-state index in [0.29, 0.717) is 5.96 Å². The Morgan fingerprint density at radius 1 is 1.13 bits per heavy atom. The Balaban J connectivity index is 1.81. The Bertz CT molecular complexity index is 676. The monoisotopic (exact) mass is 309 g/mol. The first-order chi connectivity index (χ1) is 11.1. The summed E-state index contributed by atoms with van der Waals surface area (Å²) in [5.74, 6) is 0.401. The van der Waals surface area contributed by atoms with E-state index in [-0.39, 0.29) is 6.10 Å². The number of piperidine rings is 1. The van der Waals surface area contributed by atoms with Crippen LogP contribution in [-0.2, 0) is 0 Å². The minimum atomic E-state index is -0.224. The van der Waals surface area contributed by atoms with E-state index in [9.17, 15) is 5.11 Å². The molecule has 3 rings (SSSR count). The fraction of sp³-hybridized carbons (Fsp3) is 0.316. The highest BCUT2D eigenvalue weighted by molar-refractivity contribution is 5.96. The lowest BCUT2D eigenvalue weighted by atomic mass is 10.0. The van der Waals surface area contributed by atoms with Gasteiger partial charge in [-0.2, -0.15) is 0 Å². The molecule has 0 saturated carbocycles. The molecular formula is C19H23N3O. The zero-order valence-electron chi connectivity index (χ0n) is 13.4. The second-order valence-electron chi connectivity index (χ2n) is 6.11. The van der Waals surface area contributed by atoms with E-state index in [0.717, 1.165) is 42.7 Å². The minimum absolute atomic E-state index is 0.224. The second-order valence-corrected chi connectivity index (χ2v) is 6.11.